The van der Waals surface area contributed by atoms with Crippen LogP contribution in [0.4, 0.5) is 0 Å². The van der Waals surface area contributed by atoms with E-state index in [0.717, 1.165) is 53.0 Å². The molecule has 0 atom stereocenters. The number of hydrogen-bond donors (Lipinski definition) is 0. The summed E-state index contributed by atoms with van der Waals surface area (Å²) in [4.78, 5) is 3.48. The van der Waals surface area contributed by atoms with Gasteiger partial charge in [-0.1, -0.05) is 224 Å². The van der Waals surface area contributed by atoms with Gasteiger partial charge in [0.1, 0.15) is 39.8 Å². The molecule has 0 saturated carbocycles. The fraction of sp³-hybridized carbons (Fsp3) is 0.212. The van der Waals surface area contributed by atoms with Gasteiger partial charge in [-0.15, -0.1) is 0 Å². The quantitative estimate of drug-likeness (QED) is 0.0237. The molecule has 0 fully saturated rings. The van der Waals surface area contributed by atoms with Gasteiger partial charge in [-0.2, -0.15) is 33.7 Å². The Morgan fingerprint density at radius 1 is 0.278 bits per heavy atom. The molecule has 0 aliphatic heterocycles. The van der Waals surface area contributed by atoms with Crippen molar-refractivity contribution < 1.29 is 50.8 Å². The number of oxime groups is 4. The molecule has 0 aliphatic rings. The fourth-order valence-electron chi connectivity index (χ4n) is 7.33. The molecule has 0 amide bonds. The molecule has 0 aromatic heterocycles. The number of benzene rings is 8. The number of hydrogen-bond acceptors (Lipinski definition) is 20. The van der Waals surface area contributed by atoms with E-state index in [-0.39, 0.29) is 19.6 Å². The van der Waals surface area contributed by atoms with Crippen molar-refractivity contribution in [1.29, 1.82) is 0 Å². The molecule has 0 radical (unpaired) electrons. The second-order valence-electron chi connectivity index (χ2n) is 19.7. The van der Waals surface area contributed by atoms with Crippen molar-refractivity contribution in [3.8, 4) is 0 Å². The largest absolute Gasteiger partial charge is 0.358 e. The SMILES string of the molecule is CC.Cc1ccc(S(=O)(=O)ON=C(CCCC(=NOS(=O)(=O)c2ccc(C)cc2)Sc2ccccc2)Sc2ccccc2)cc1.Cc1ccc(SC(CCCC(=NOS(=O)(=O)c2ccc(C)cc2)Sc2ccc(C)cc2)=NOS(=O)(=O)c2ccc(C)cc2)cc1. The molecule has 0 aliphatic carbocycles. The number of nitrogens with zero attached hydrogens (tertiary/aromatic N) is 4. The summed E-state index contributed by atoms with van der Waals surface area (Å²) in [5.74, 6) is 0. The smallest absolute Gasteiger partial charge is 0.264 e. The molecule has 24 heteroatoms. The first-order valence-corrected chi connectivity index (χ1v) is 37.1. The molecule has 474 valence electrons. The topological polar surface area (TPSA) is 223 Å². The van der Waals surface area contributed by atoms with Crippen LogP contribution >= 0.6 is 47.0 Å². The van der Waals surface area contributed by atoms with Crippen LogP contribution < -0.4 is 0 Å². The monoisotopic (exact) mass is 1370 g/mol. The average molecular weight is 1370 g/mol. The lowest BCUT2D eigenvalue weighted by molar-refractivity contribution is 0.337. The van der Waals surface area contributed by atoms with Crippen LogP contribution in [-0.4, -0.2) is 53.8 Å². The van der Waals surface area contributed by atoms with E-state index >= 15 is 0 Å². The molecule has 16 nitrogen and oxygen atoms in total. The van der Waals surface area contributed by atoms with Crippen molar-refractivity contribution in [2.75, 3.05) is 0 Å². The molecule has 0 spiro atoms. The van der Waals surface area contributed by atoms with Crippen LogP contribution in [0, 0.1) is 41.5 Å². The van der Waals surface area contributed by atoms with Crippen LogP contribution in [-0.2, 0) is 57.6 Å². The second kappa shape index (κ2) is 35.4. The third-order valence-electron chi connectivity index (χ3n) is 12.2. The maximum atomic E-state index is 12.8. The summed E-state index contributed by atoms with van der Waals surface area (Å²) in [6, 6.07) is 59.6. The number of thioether (sulfide) groups is 4. The second-order valence-corrected chi connectivity index (χ2v) is 30.4. The van der Waals surface area contributed by atoms with Gasteiger partial charge in [-0.3, -0.25) is 17.1 Å². The van der Waals surface area contributed by atoms with E-state index < -0.39 is 40.5 Å². The van der Waals surface area contributed by atoms with E-state index in [1.54, 1.807) is 48.5 Å². The maximum Gasteiger partial charge on any atom is 0.358 e. The van der Waals surface area contributed by atoms with Crippen molar-refractivity contribution in [3.63, 3.8) is 0 Å². The molecule has 0 saturated heterocycles. The van der Waals surface area contributed by atoms with Crippen LogP contribution in [0.5, 0.6) is 0 Å². The highest BCUT2D eigenvalue weighted by atomic mass is 32.2. The maximum absolute atomic E-state index is 12.8. The minimum atomic E-state index is -4.13. The lowest BCUT2D eigenvalue weighted by Crippen LogP contribution is -2.06. The molecule has 0 heterocycles. The van der Waals surface area contributed by atoms with Crippen molar-refractivity contribution in [2.24, 2.45) is 20.6 Å². The summed E-state index contributed by atoms with van der Waals surface area (Å²) in [6.45, 7) is 15.4. The van der Waals surface area contributed by atoms with E-state index in [9.17, 15) is 33.7 Å². The third-order valence-corrected chi connectivity index (χ3v) is 20.8. The first-order valence-electron chi connectivity index (χ1n) is 28.2. The molecule has 8 aromatic carbocycles. The lowest BCUT2D eigenvalue weighted by atomic mass is 10.2. The Morgan fingerprint density at radius 2 is 0.456 bits per heavy atom. The van der Waals surface area contributed by atoms with Crippen LogP contribution in [0.25, 0.3) is 0 Å². The summed E-state index contributed by atoms with van der Waals surface area (Å²) < 4.78 is 123. The first-order chi connectivity index (χ1) is 43.0. The highest BCUT2D eigenvalue weighted by molar-refractivity contribution is 8.14. The fourth-order valence-corrected chi connectivity index (χ4v) is 14.0. The van der Waals surface area contributed by atoms with Gasteiger partial charge in [-0.25, -0.2) is 0 Å². The minimum Gasteiger partial charge on any atom is -0.264 e. The number of rotatable bonds is 24. The normalized spacial score (nSPS) is 12.4. The summed E-state index contributed by atoms with van der Waals surface area (Å²) in [6.07, 6.45) is 2.25. The van der Waals surface area contributed by atoms with Crippen molar-refractivity contribution in [3.05, 3.63) is 240 Å². The van der Waals surface area contributed by atoms with E-state index in [4.69, 9.17) is 17.1 Å². The molecule has 8 rings (SSSR count). The Kier molecular flexibility index (Phi) is 28.3. The zero-order valence-corrected chi connectivity index (χ0v) is 57.4. The standard InChI is InChI=1S/C33H34N2O6S4.C31H30N2O6S4.C2H6/c1-24-8-16-28(17-9-24)42-32(34-40-44(36,37)30-20-12-26(3)13-21-30)6-5-7-33(43-29-18-10-25(2)11-19-29)35-41-45(38,39)31-22-14-27(4)15-23-31;1-24-16-20-28(21-17-24)42(34,35)38-32-30(40-26-10-5-3-6-11-26)14-9-15-31(41-27-12-7-4-8-13-27)33-39-43(36,37)29-22-18-25(2)19-23-29;1-2/h8-23H,5-7H2,1-4H3;3-8,10-13,16-23H,9,14-15H2,1-2H3;1-2H3. The highest BCUT2D eigenvalue weighted by Gasteiger charge is 2.22. The van der Waals surface area contributed by atoms with Gasteiger partial charge in [0.25, 0.3) is 0 Å². The van der Waals surface area contributed by atoms with E-state index in [0.29, 0.717) is 58.7 Å². The molecule has 90 heavy (non-hydrogen) atoms. The lowest BCUT2D eigenvalue weighted by Gasteiger charge is -2.10. The van der Waals surface area contributed by atoms with Crippen LogP contribution in [0.2, 0.25) is 0 Å². The van der Waals surface area contributed by atoms with E-state index in [1.165, 1.54) is 95.6 Å². The molecular formula is C66H70N4O12S8. The van der Waals surface area contributed by atoms with Crippen LogP contribution in [0.1, 0.15) is 85.8 Å². The summed E-state index contributed by atoms with van der Waals surface area (Å²) in [7, 11) is -16.5. The van der Waals surface area contributed by atoms with Gasteiger partial charge in [0, 0.05) is 19.6 Å². The average Bonchev–Trinajstić information content (AvgIpc) is 3.37. The molecular weight excluding hydrogens is 1300 g/mol. The van der Waals surface area contributed by atoms with Gasteiger partial charge in [0.2, 0.25) is 0 Å². The minimum absolute atomic E-state index is 0.00604. The summed E-state index contributed by atoms with van der Waals surface area (Å²) >= 11 is 5.16. The Hall–Kier alpha value is -7.16. The predicted molar refractivity (Wildman–Crippen MR) is 365 cm³/mol. The van der Waals surface area contributed by atoms with Crippen molar-refractivity contribution in [2.45, 2.75) is 133 Å². The van der Waals surface area contributed by atoms with Gasteiger partial charge in [0.05, 0.1) is 0 Å². The number of aryl methyl sites for hydroxylation is 6. The van der Waals surface area contributed by atoms with Crippen molar-refractivity contribution in [1.82, 2.24) is 0 Å². The van der Waals surface area contributed by atoms with Gasteiger partial charge < -0.3 is 0 Å². The molecule has 0 N–H and O–H groups in total. The van der Waals surface area contributed by atoms with Gasteiger partial charge >= 0.3 is 40.5 Å². The van der Waals surface area contributed by atoms with Crippen LogP contribution in [0.15, 0.2) is 266 Å². The van der Waals surface area contributed by atoms with Gasteiger partial charge in [0.15, 0.2) is 0 Å². The molecule has 8 aromatic rings. The summed E-state index contributed by atoms with van der Waals surface area (Å²) in [5, 5.41) is 17.9. The van der Waals surface area contributed by atoms with Gasteiger partial charge in [-0.05, 0) is 177 Å². The Balaban J connectivity index is 0.000000279. The first kappa shape index (κ1) is 71.9. The zero-order chi connectivity index (χ0) is 65.2. The van der Waals surface area contributed by atoms with Crippen LogP contribution in [0.3, 0.4) is 0 Å². The molecule has 0 bridgehead atoms. The highest BCUT2D eigenvalue weighted by Crippen LogP contribution is 2.30. The zero-order valence-electron chi connectivity index (χ0n) is 50.8. The van der Waals surface area contributed by atoms with E-state index in [1.807, 2.05) is 165 Å². The van der Waals surface area contributed by atoms with Crippen molar-refractivity contribution >= 4 is 108 Å². The Labute approximate surface area is 547 Å². The summed E-state index contributed by atoms with van der Waals surface area (Å²) in [5.41, 5.74) is 5.86. The molecule has 0 unspecified atom stereocenters. The third kappa shape index (κ3) is 24.6. The van der Waals surface area contributed by atoms with E-state index in [2.05, 4.69) is 20.6 Å². The Bertz CT molecular complexity index is 3890. The predicted octanol–water partition coefficient (Wildman–Crippen LogP) is 17.2. The Morgan fingerprint density at radius 3 is 0.656 bits per heavy atom.